The van der Waals surface area contributed by atoms with E-state index in [1.807, 2.05) is 19.9 Å². The monoisotopic (exact) mass is 302 g/mol. The highest BCUT2D eigenvalue weighted by Crippen LogP contribution is 2.40. The molecule has 1 aliphatic carbocycles. The topological polar surface area (TPSA) is 26.3 Å². The molecule has 0 saturated heterocycles. The lowest BCUT2D eigenvalue weighted by atomic mass is 9.80. The molecule has 0 unspecified atom stereocenters. The molecule has 0 amide bonds. The molecular weight excluding hydrogens is 272 g/mol. The number of esters is 1. The van der Waals surface area contributed by atoms with Gasteiger partial charge in [-0.3, -0.25) is 4.79 Å². The number of hydrogen-bond acceptors (Lipinski definition) is 2. The molecule has 0 aliphatic heterocycles. The molecule has 1 aromatic rings. The van der Waals surface area contributed by atoms with E-state index in [1.54, 1.807) is 0 Å². The maximum Gasteiger partial charge on any atom is 0.312 e. The van der Waals surface area contributed by atoms with Crippen LogP contribution in [-0.2, 0) is 15.1 Å². The summed E-state index contributed by atoms with van der Waals surface area (Å²) in [5.41, 5.74) is 0.326. The second-order valence-corrected chi connectivity index (χ2v) is 7.26. The number of carbonyl (C=O) groups is 1. The lowest BCUT2D eigenvalue weighted by molar-refractivity contribution is -0.175. The molecule has 0 bridgehead atoms. The van der Waals surface area contributed by atoms with Crippen molar-refractivity contribution >= 4 is 5.97 Å². The van der Waals surface area contributed by atoms with Gasteiger partial charge in [0.05, 0.1) is 5.41 Å². The summed E-state index contributed by atoms with van der Waals surface area (Å²) in [6.45, 7) is 6.02. The van der Waals surface area contributed by atoms with Gasteiger partial charge in [0, 0.05) is 0 Å². The number of hydrogen-bond donors (Lipinski definition) is 0. The Morgan fingerprint density at radius 1 is 1.05 bits per heavy atom. The van der Waals surface area contributed by atoms with Gasteiger partial charge in [-0.05, 0) is 51.5 Å². The predicted molar refractivity (Wildman–Crippen MR) is 90.6 cm³/mol. The zero-order chi connectivity index (χ0) is 16.1. The molecule has 122 valence electrons. The van der Waals surface area contributed by atoms with E-state index in [0.717, 1.165) is 37.7 Å². The van der Waals surface area contributed by atoms with Crippen molar-refractivity contribution in [1.29, 1.82) is 0 Å². The molecule has 0 heterocycles. The van der Waals surface area contributed by atoms with Crippen molar-refractivity contribution in [2.24, 2.45) is 5.41 Å². The normalized spacial score (nSPS) is 19.0. The Balaban J connectivity index is 2.30. The molecule has 0 spiro atoms. The first kappa shape index (κ1) is 17.1. The molecule has 1 saturated carbocycles. The number of carbonyl (C=O) groups excluding carboxylic acids is 1. The predicted octanol–water partition coefficient (Wildman–Crippen LogP) is 5.61. The summed E-state index contributed by atoms with van der Waals surface area (Å²) in [4.78, 5) is 12.7. The highest BCUT2D eigenvalue weighted by atomic mass is 16.6. The van der Waals surface area contributed by atoms with Crippen molar-refractivity contribution in [2.45, 2.75) is 77.7 Å². The summed E-state index contributed by atoms with van der Waals surface area (Å²) in [6, 6.07) is 10.4. The highest BCUT2D eigenvalue weighted by molar-refractivity contribution is 5.76. The third-order valence-corrected chi connectivity index (χ3v) is 5.19. The fraction of sp³-hybridized carbons (Fsp3) is 0.650. The molecule has 0 radical (unpaired) electrons. The molecule has 1 aliphatic rings. The summed E-state index contributed by atoms with van der Waals surface area (Å²) in [7, 11) is 0. The molecule has 1 aromatic carbocycles. The molecule has 22 heavy (non-hydrogen) atoms. The Kier molecular flexibility index (Phi) is 5.66. The first-order chi connectivity index (χ1) is 10.5. The van der Waals surface area contributed by atoms with E-state index in [-0.39, 0.29) is 5.97 Å². The van der Waals surface area contributed by atoms with E-state index in [4.69, 9.17) is 4.74 Å². The van der Waals surface area contributed by atoms with Gasteiger partial charge in [-0.1, -0.05) is 56.5 Å². The Hall–Kier alpha value is -1.31. The Labute approximate surface area is 135 Å². The van der Waals surface area contributed by atoms with Gasteiger partial charge in [-0.25, -0.2) is 0 Å². The molecule has 2 rings (SSSR count). The summed E-state index contributed by atoms with van der Waals surface area (Å²) in [5, 5.41) is 0. The van der Waals surface area contributed by atoms with Crippen LogP contribution in [0.25, 0.3) is 0 Å². The second kappa shape index (κ2) is 7.30. The fourth-order valence-corrected chi connectivity index (χ4v) is 3.13. The van der Waals surface area contributed by atoms with Crippen LogP contribution in [0.1, 0.15) is 77.7 Å². The van der Waals surface area contributed by atoms with Crippen molar-refractivity contribution in [3.05, 3.63) is 35.9 Å². The van der Waals surface area contributed by atoms with E-state index in [2.05, 4.69) is 31.2 Å². The third-order valence-electron chi connectivity index (χ3n) is 5.19. The van der Waals surface area contributed by atoms with Gasteiger partial charge in [0.2, 0.25) is 0 Å². The standard InChI is InChI=1S/C20H30O2/c1-4-19(2,3)18(21)22-20(17-13-9-8-10-14-17)15-11-6-5-7-12-16-20/h8-10,13-14H,4-7,11-12,15-16H2,1-3H3. The molecule has 0 N–H and O–H groups in total. The van der Waals surface area contributed by atoms with E-state index in [9.17, 15) is 4.79 Å². The second-order valence-electron chi connectivity index (χ2n) is 7.26. The van der Waals surface area contributed by atoms with Gasteiger partial charge >= 0.3 is 5.97 Å². The minimum absolute atomic E-state index is 0.0561. The summed E-state index contributed by atoms with van der Waals surface area (Å²) >= 11 is 0. The Morgan fingerprint density at radius 2 is 1.59 bits per heavy atom. The quantitative estimate of drug-likeness (QED) is 0.676. The molecule has 0 atom stereocenters. The van der Waals surface area contributed by atoms with Crippen LogP contribution in [0.2, 0.25) is 0 Å². The third kappa shape index (κ3) is 3.91. The van der Waals surface area contributed by atoms with E-state index in [0.29, 0.717) is 0 Å². The first-order valence-corrected chi connectivity index (χ1v) is 8.79. The molecule has 1 fully saturated rings. The summed E-state index contributed by atoms with van der Waals surface area (Å²) in [6.07, 6.45) is 8.75. The minimum Gasteiger partial charge on any atom is -0.454 e. The van der Waals surface area contributed by atoms with Gasteiger partial charge in [-0.15, -0.1) is 0 Å². The average molecular weight is 302 g/mol. The molecule has 2 heteroatoms. The van der Waals surface area contributed by atoms with Crippen LogP contribution >= 0.6 is 0 Å². The first-order valence-electron chi connectivity index (χ1n) is 8.79. The van der Waals surface area contributed by atoms with Crippen LogP contribution < -0.4 is 0 Å². The van der Waals surface area contributed by atoms with Crippen LogP contribution in [0.15, 0.2) is 30.3 Å². The van der Waals surface area contributed by atoms with E-state index < -0.39 is 11.0 Å². The van der Waals surface area contributed by atoms with Gasteiger partial charge in [0.1, 0.15) is 5.60 Å². The summed E-state index contributed by atoms with van der Waals surface area (Å²) in [5.74, 6) is -0.0561. The van der Waals surface area contributed by atoms with Crippen molar-refractivity contribution < 1.29 is 9.53 Å². The van der Waals surface area contributed by atoms with Crippen LogP contribution in [0.3, 0.4) is 0 Å². The molecule has 2 nitrogen and oxygen atoms in total. The van der Waals surface area contributed by atoms with E-state index >= 15 is 0 Å². The lowest BCUT2D eigenvalue weighted by Crippen LogP contribution is -2.38. The Morgan fingerprint density at radius 3 is 2.14 bits per heavy atom. The maximum absolute atomic E-state index is 12.7. The Bertz CT molecular complexity index is 468. The number of rotatable bonds is 4. The van der Waals surface area contributed by atoms with Crippen molar-refractivity contribution in [1.82, 2.24) is 0 Å². The SMILES string of the molecule is CCC(C)(C)C(=O)OC1(c2ccccc2)CCCCCCC1. The van der Waals surface area contributed by atoms with Crippen molar-refractivity contribution in [2.75, 3.05) is 0 Å². The van der Waals surface area contributed by atoms with Crippen molar-refractivity contribution in [3.63, 3.8) is 0 Å². The van der Waals surface area contributed by atoms with Gasteiger partial charge in [-0.2, -0.15) is 0 Å². The van der Waals surface area contributed by atoms with Crippen LogP contribution in [0.5, 0.6) is 0 Å². The molecule has 0 aromatic heterocycles. The van der Waals surface area contributed by atoms with Crippen LogP contribution in [0.4, 0.5) is 0 Å². The zero-order valence-corrected chi connectivity index (χ0v) is 14.4. The molecular formula is C20H30O2. The van der Waals surface area contributed by atoms with Gasteiger partial charge < -0.3 is 4.74 Å². The smallest absolute Gasteiger partial charge is 0.312 e. The number of ether oxygens (including phenoxy) is 1. The lowest BCUT2D eigenvalue weighted by Gasteiger charge is -2.38. The maximum atomic E-state index is 12.7. The highest BCUT2D eigenvalue weighted by Gasteiger charge is 2.39. The average Bonchev–Trinajstić information content (AvgIpc) is 2.51. The van der Waals surface area contributed by atoms with Gasteiger partial charge in [0.15, 0.2) is 0 Å². The number of benzene rings is 1. The van der Waals surface area contributed by atoms with Crippen molar-refractivity contribution in [3.8, 4) is 0 Å². The van der Waals surface area contributed by atoms with E-state index in [1.165, 1.54) is 19.3 Å². The largest absolute Gasteiger partial charge is 0.454 e. The zero-order valence-electron chi connectivity index (χ0n) is 14.4. The van der Waals surface area contributed by atoms with Gasteiger partial charge in [0.25, 0.3) is 0 Å². The summed E-state index contributed by atoms with van der Waals surface area (Å²) < 4.78 is 6.22. The van der Waals surface area contributed by atoms with Crippen LogP contribution in [0, 0.1) is 5.41 Å². The fourth-order valence-electron chi connectivity index (χ4n) is 3.13. The van der Waals surface area contributed by atoms with Crippen LogP contribution in [-0.4, -0.2) is 5.97 Å². The minimum atomic E-state index is -0.425.